The Kier molecular flexibility index (Phi) is 14.5. The van der Waals surface area contributed by atoms with Gasteiger partial charge in [-0.3, -0.25) is 4.79 Å². The topological polar surface area (TPSA) is 66.9 Å². The normalized spacial score (nSPS) is 14.1. The number of nitriles is 1. The molecule has 0 saturated carbocycles. The average Bonchev–Trinajstić information content (AvgIpc) is 2.78. The van der Waals surface area contributed by atoms with Crippen molar-refractivity contribution in [1.82, 2.24) is 0 Å². The van der Waals surface area contributed by atoms with Gasteiger partial charge in [-0.1, -0.05) is 117 Å². The molecule has 3 nitrogen and oxygen atoms in total. The summed E-state index contributed by atoms with van der Waals surface area (Å²) in [4.78, 5) is 14.6. The van der Waals surface area contributed by atoms with Crippen molar-refractivity contribution in [2.45, 2.75) is 101 Å². The number of carbonyl (C=O) groups excluding carboxylic acids is 1. The molecule has 0 saturated heterocycles. The number of thiocarbonyl (C=S) groups is 2. The highest BCUT2D eigenvalue weighted by atomic mass is 32.3. The van der Waals surface area contributed by atoms with Crippen molar-refractivity contribution >= 4 is 59.9 Å². The summed E-state index contributed by atoms with van der Waals surface area (Å²) in [7, 11) is -2.44. The summed E-state index contributed by atoms with van der Waals surface area (Å²) in [6.07, 6.45) is 13.6. The molecule has 0 bridgehead atoms. The number of carbonyl (C=O) groups is 1. The van der Waals surface area contributed by atoms with E-state index in [9.17, 15) is 10.1 Å². The Morgan fingerprint density at radius 3 is 2.00 bits per heavy atom. The fourth-order valence-electron chi connectivity index (χ4n) is 3.84. The molecule has 0 spiro atoms. The van der Waals surface area contributed by atoms with Gasteiger partial charge in [0.1, 0.15) is 4.32 Å². The zero-order valence-electron chi connectivity index (χ0n) is 20.4. The number of unbranched alkanes of at least 4 members (excludes halogenated alkanes) is 9. The molecule has 0 heterocycles. The molecule has 1 aromatic rings. The second-order valence-corrected chi connectivity index (χ2v) is 15.1. The minimum absolute atomic E-state index is 0.000373. The lowest BCUT2D eigenvalue weighted by molar-refractivity contribution is -0.112. The van der Waals surface area contributed by atoms with Gasteiger partial charge in [0, 0.05) is 9.09 Å². The predicted octanol–water partition coefficient (Wildman–Crippen LogP) is 8.29. The Morgan fingerprint density at radius 2 is 1.52 bits per heavy atom. The van der Waals surface area contributed by atoms with Crippen LogP contribution in [0.3, 0.4) is 0 Å². The number of nitrogens with two attached hydrogens (primary N) is 1. The molecule has 0 amide bonds. The quantitative estimate of drug-likeness (QED) is 0.184. The highest BCUT2D eigenvalue weighted by Crippen LogP contribution is 2.60. The van der Waals surface area contributed by atoms with Crippen LogP contribution in [0.1, 0.15) is 91.4 Å². The molecule has 33 heavy (non-hydrogen) atoms. The first-order chi connectivity index (χ1) is 15.7. The van der Waals surface area contributed by atoms with Crippen LogP contribution >= 0.6 is 46.2 Å². The molecule has 1 unspecified atom stereocenters. The number of hydrogen-bond acceptors (Lipinski definition) is 5. The van der Waals surface area contributed by atoms with Crippen molar-refractivity contribution in [3.05, 3.63) is 30.3 Å². The zero-order valence-corrected chi connectivity index (χ0v) is 23.7. The standard InChI is InChI=1S/C26H40N2OS4/c1-4-5-6-7-8-9-10-11-12-16-19-23(30)32-26(2,3)24(29)33(21-20-27,25(28)31)22-17-14-13-15-18-22/h13-15,17-18H,4-12,16,19,21H2,1-3H3,(H2,28,31). The largest absolute Gasteiger partial charge is 0.385 e. The maximum absolute atomic E-state index is 13.8. The van der Waals surface area contributed by atoms with Gasteiger partial charge in [0.05, 0.1) is 16.6 Å². The fourth-order valence-corrected chi connectivity index (χ4v) is 9.47. The van der Waals surface area contributed by atoms with Crippen LogP contribution in [0.25, 0.3) is 0 Å². The third-order valence-corrected chi connectivity index (χ3v) is 11.7. The van der Waals surface area contributed by atoms with Crippen LogP contribution in [-0.2, 0) is 4.79 Å². The molecule has 1 aromatic carbocycles. The van der Waals surface area contributed by atoms with Crippen LogP contribution in [0.15, 0.2) is 35.2 Å². The molecule has 0 aliphatic heterocycles. The van der Waals surface area contributed by atoms with E-state index in [1.807, 2.05) is 44.2 Å². The number of hydrogen-bond donors (Lipinski definition) is 1. The van der Waals surface area contributed by atoms with Gasteiger partial charge in [-0.25, -0.2) is 0 Å². The van der Waals surface area contributed by atoms with E-state index in [0.29, 0.717) is 0 Å². The number of thioether (sulfide) groups is 1. The first-order valence-electron chi connectivity index (χ1n) is 12.0. The van der Waals surface area contributed by atoms with Crippen molar-refractivity contribution in [2.75, 3.05) is 5.75 Å². The van der Waals surface area contributed by atoms with Crippen LogP contribution in [0.5, 0.6) is 0 Å². The Labute approximate surface area is 218 Å². The molecule has 2 N–H and O–H groups in total. The molecule has 7 heteroatoms. The van der Waals surface area contributed by atoms with E-state index in [4.69, 9.17) is 30.2 Å². The Hall–Kier alpha value is -0.940. The van der Waals surface area contributed by atoms with Gasteiger partial charge < -0.3 is 5.73 Å². The SMILES string of the molecule is CCCCCCCCCCCCC(=S)SC(C)(C)C(=O)S(CC#N)(C(N)=S)c1ccccc1. The Morgan fingerprint density at radius 1 is 1.00 bits per heavy atom. The van der Waals surface area contributed by atoms with Crippen molar-refractivity contribution in [3.63, 3.8) is 0 Å². The molecule has 0 radical (unpaired) electrons. The molecule has 1 atom stereocenters. The monoisotopic (exact) mass is 524 g/mol. The summed E-state index contributed by atoms with van der Waals surface area (Å²) < 4.78 is 0.157. The first kappa shape index (κ1) is 30.1. The van der Waals surface area contributed by atoms with Crippen molar-refractivity contribution in [2.24, 2.45) is 5.73 Å². The smallest absolute Gasteiger partial charge is 0.198 e. The van der Waals surface area contributed by atoms with E-state index < -0.39 is 14.8 Å². The van der Waals surface area contributed by atoms with Crippen LogP contribution in [-0.4, -0.2) is 24.1 Å². The number of rotatable bonds is 15. The van der Waals surface area contributed by atoms with Gasteiger partial charge in [0.15, 0.2) is 5.12 Å². The van der Waals surface area contributed by atoms with Crippen LogP contribution in [0.4, 0.5) is 0 Å². The minimum atomic E-state index is -2.44. The first-order valence-corrected chi connectivity index (χ1v) is 15.4. The minimum Gasteiger partial charge on any atom is -0.385 e. The second kappa shape index (κ2) is 15.9. The molecule has 0 aliphatic rings. The molecular weight excluding hydrogens is 485 g/mol. The van der Waals surface area contributed by atoms with Crippen molar-refractivity contribution in [1.29, 1.82) is 5.26 Å². The lowest BCUT2D eigenvalue weighted by Gasteiger charge is -2.40. The molecule has 184 valence electrons. The van der Waals surface area contributed by atoms with Crippen LogP contribution in [0, 0.1) is 11.3 Å². The van der Waals surface area contributed by atoms with E-state index in [1.165, 1.54) is 69.5 Å². The summed E-state index contributed by atoms with van der Waals surface area (Å²) in [5, 5.41) is 9.46. The average molecular weight is 525 g/mol. The van der Waals surface area contributed by atoms with Gasteiger partial charge in [0.25, 0.3) is 0 Å². The third kappa shape index (κ3) is 9.68. The zero-order chi connectivity index (χ0) is 24.7. The summed E-state index contributed by atoms with van der Waals surface area (Å²) in [5.41, 5.74) is 6.14. The van der Waals surface area contributed by atoms with Crippen molar-refractivity contribution < 1.29 is 4.79 Å². The molecule has 0 aliphatic carbocycles. The highest BCUT2D eigenvalue weighted by molar-refractivity contribution is 8.59. The number of benzene rings is 1. The van der Waals surface area contributed by atoms with E-state index >= 15 is 0 Å². The fraction of sp³-hybridized carbons (Fsp3) is 0.615. The summed E-state index contributed by atoms with van der Waals surface area (Å²) >= 11 is 12.5. The van der Waals surface area contributed by atoms with E-state index in [-0.39, 0.29) is 15.2 Å². The van der Waals surface area contributed by atoms with Gasteiger partial charge in [-0.05, 0) is 38.8 Å². The van der Waals surface area contributed by atoms with Gasteiger partial charge in [-0.15, -0.1) is 11.8 Å². The molecule has 1 rings (SSSR count). The lowest BCUT2D eigenvalue weighted by atomic mass is 10.1. The van der Waals surface area contributed by atoms with Crippen molar-refractivity contribution in [3.8, 4) is 6.07 Å². The van der Waals surface area contributed by atoms with Gasteiger partial charge in [-0.2, -0.15) is 5.26 Å². The Balaban J connectivity index is 2.62. The van der Waals surface area contributed by atoms with Gasteiger partial charge in [0.2, 0.25) is 0 Å². The van der Waals surface area contributed by atoms with E-state index in [1.54, 1.807) is 0 Å². The predicted molar refractivity (Wildman–Crippen MR) is 155 cm³/mol. The van der Waals surface area contributed by atoms with Crippen LogP contribution < -0.4 is 5.73 Å². The lowest BCUT2D eigenvalue weighted by Crippen LogP contribution is -2.39. The third-order valence-electron chi connectivity index (χ3n) is 5.68. The maximum Gasteiger partial charge on any atom is 0.198 e. The number of nitrogens with zero attached hydrogens (tertiary/aromatic N) is 1. The van der Waals surface area contributed by atoms with E-state index in [0.717, 1.165) is 21.9 Å². The summed E-state index contributed by atoms with van der Waals surface area (Å²) in [6, 6.07) is 11.5. The molecular formula is C26H40N2OS4. The molecule has 0 aromatic heterocycles. The highest BCUT2D eigenvalue weighted by Gasteiger charge is 2.46. The van der Waals surface area contributed by atoms with Gasteiger partial charge >= 0.3 is 0 Å². The Bertz CT molecular complexity index is 804. The second-order valence-electron chi connectivity index (χ2n) is 8.88. The summed E-state index contributed by atoms with van der Waals surface area (Å²) in [5.74, 6) is 0.000373. The van der Waals surface area contributed by atoms with E-state index in [2.05, 4.69) is 13.0 Å². The maximum atomic E-state index is 13.8. The van der Waals surface area contributed by atoms with Crippen LogP contribution in [0.2, 0.25) is 0 Å². The summed E-state index contributed by atoms with van der Waals surface area (Å²) in [6.45, 7) is 6.01. The molecule has 0 fully saturated rings.